The van der Waals surface area contributed by atoms with Gasteiger partial charge in [-0.1, -0.05) is 23.4 Å². The molecule has 3 rings (SSSR count). The van der Waals surface area contributed by atoms with Crippen LogP contribution in [-0.2, 0) is 0 Å². The van der Waals surface area contributed by atoms with Crippen LogP contribution >= 0.6 is 34.7 Å². The second-order valence-corrected chi connectivity index (χ2v) is 6.90. The Morgan fingerprint density at radius 1 is 1.11 bits per heavy atom. The number of rotatable bonds is 2. The molecule has 2 heterocycles. The third kappa shape index (κ3) is 2.48. The monoisotopic (exact) mass is 306 g/mol. The molecule has 2 aromatic heterocycles. The zero-order chi connectivity index (χ0) is 13.4. The summed E-state index contributed by atoms with van der Waals surface area (Å²) in [6.45, 7) is 4.25. The molecule has 0 saturated carbocycles. The van der Waals surface area contributed by atoms with E-state index in [1.807, 2.05) is 24.3 Å². The van der Waals surface area contributed by atoms with Crippen LogP contribution in [0.4, 0.5) is 0 Å². The lowest BCUT2D eigenvalue weighted by molar-refractivity contribution is 1.10. The fraction of sp³-hybridized carbons (Fsp3) is 0.143. The number of hydrogen-bond donors (Lipinski definition) is 0. The minimum Gasteiger partial charge on any atom is -0.229 e. The summed E-state index contributed by atoms with van der Waals surface area (Å²) in [6.07, 6.45) is 1.63. The van der Waals surface area contributed by atoms with Gasteiger partial charge in [-0.15, -0.1) is 11.3 Å². The molecular weight excluding hydrogens is 296 g/mol. The molecule has 0 amide bonds. The molecule has 0 aliphatic rings. The van der Waals surface area contributed by atoms with Crippen molar-refractivity contribution in [3.8, 4) is 0 Å². The molecule has 0 bridgehead atoms. The highest BCUT2D eigenvalue weighted by Crippen LogP contribution is 2.37. The topological polar surface area (TPSA) is 25.8 Å². The van der Waals surface area contributed by atoms with Gasteiger partial charge in [-0.05, 0) is 43.7 Å². The van der Waals surface area contributed by atoms with Gasteiger partial charge in [-0.2, -0.15) is 0 Å². The molecule has 0 spiro atoms. The van der Waals surface area contributed by atoms with Gasteiger partial charge in [0.25, 0.3) is 0 Å². The molecule has 1 aromatic carbocycles. The van der Waals surface area contributed by atoms with Crippen molar-refractivity contribution in [2.45, 2.75) is 23.8 Å². The Kier molecular flexibility index (Phi) is 3.48. The van der Waals surface area contributed by atoms with E-state index in [2.05, 4.69) is 23.8 Å². The summed E-state index contributed by atoms with van der Waals surface area (Å²) >= 11 is 9.28. The first-order valence-electron chi connectivity index (χ1n) is 5.79. The Labute approximate surface area is 124 Å². The van der Waals surface area contributed by atoms with Crippen molar-refractivity contribution in [2.24, 2.45) is 0 Å². The van der Waals surface area contributed by atoms with Gasteiger partial charge in [-0.3, -0.25) is 0 Å². The number of hydrogen-bond acceptors (Lipinski definition) is 4. The highest BCUT2D eigenvalue weighted by molar-refractivity contribution is 7.99. The number of nitrogens with zero attached hydrogens (tertiary/aromatic N) is 2. The third-order valence-corrected chi connectivity index (χ3v) is 5.34. The summed E-state index contributed by atoms with van der Waals surface area (Å²) in [4.78, 5) is 12.3. The second kappa shape index (κ2) is 5.12. The Balaban J connectivity index is 2.07. The lowest BCUT2D eigenvalue weighted by Crippen LogP contribution is -1.85. The highest BCUT2D eigenvalue weighted by atomic mass is 35.5. The molecular formula is C14H11ClN2S2. The molecule has 5 heteroatoms. The van der Waals surface area contributed by atoms with Gasteiger partial charge in [0.2, 0.25) is 0 Å². The van der Waals surface area contributed by atoms with E-state index < -0.39 is 0 Å². The van der Waals surface area contributed by atoms with E-state index in [-0.39, 0.29) is 0 Å². The largest absolute Gasteiger partial charge is 0.229 e. The van der Waals surface area contributed by atoms with Crippen molar-refractivity contribution in [1.29, 1.82) is 0 Å². The number of benzene rings is 1. The molecule has 3 aromatic rings. The lowest BCUT2D eigenvalue weighted by atomic mass is 10.2. The molecule has 0 aliphatic heterocycles. The van der Waals surface area contributed by atoms with Crippen molar-refractivity contribution < 1.29 is 0 Å². The number of aromatic nitrogens is 2. The summed E-state index contributed by atoms with van der Waals surface area (Å²) in [6, 6.07) is 7.81. The Morgan fingerprint density at radius 2 is 1.84 bits per heavy atom. The normalized spacial score (nSPS) is 11.1. The number of halogens is 1. The van der Waals surface area contributed by atoms with Gasteiger partial charge in [0, 0.05) is 20.2 Å². The third-order valence-electron chi connectivity index (χ3n) is 2.96. The predicted molar refractivity (Wildman–Crippen MR) is 82.5 cm³/mol. The number of aryl methyl sites for hydroxylation is 2. The summed E-state index contributed by atoms with van der Waals surface area (Å²) in [5.74, 6) is 0. The lowest BCUT2D eigenvalue weighted by Gasteiger charge is -2.03. The molecule has 0 aliphatic carbocycles. The van der Waals surface area contributed by atoms with Crippen LogP contribution in [-0.4, -0.2) is 9.97 Å². The Bertz CT molecular complexity index is 735. The molecule has 0 unspecified atom stereocenters. The van der Waals surface area contributed by atoms with Crippen LogP contribution < -0.4 is 0 Å². The molecule has 0 saturated heterocycles. The quantitative estimate of drug-likeness (QED) is 0.615. The fourth-order valence-corrected chi connectivity index (χ4v) is 3.98. The molecule has 96 valence electrons. The Morgan fingerprint density at radius 3 is 2.58 bits per heavy atom. The SMILES string of the molecule is Cc1sc2ncnc(Sc3ccc(Cl)cc3)c2c1C. The minimum atomic E-state index is 0.750. The molecule has 0 radical (unpaired) electrons. The van der Waals surface area contributed by atoms with E-state index in [4.69, 9.17) is 11.6 Å². The van der Waals surface area contributed by atoms with Gasteiger partial charge in [0.05, 0.1) is 0 Å². The van der Waals surface area contributed by atoms with Crippen molar-refractivity contribution in [3.63, 3.8) is 0 Å². The molecule has 19 heavy (non-hydrogen) atoms. The van der Waals surface area contributed by atoms with Gasteiger partial charge in [-0.25, -0.2) is 9.97 Å². The van der Waals surface area contributed by atoms with Crippen molar-refractivity contribution in [3.05, 3.63) is 46.1 Å². The van der Waals surface area contributed by atoms with Gasteiger partial charge >= 0.3 is 0 Å². The summed E-state index contributed by atoms with van der Waals surface area (Å²) in [5, 5.41) is 2.93. The van der Waals surface area contributed by atoms with E-state index in [0.29, 0.717) is 0 Å². The van der Waals surface area contributed by atoms with Gasteiger partial charge in [0.15, 0.2) is 0 Å². The summed E-state index contributed by atoms with van der Waals surface area (Å²) in [5.41, 5.74) is 1.28. The first-order chi connectivity index (χ1) is 9.15. The molecule has 0 N–H and O–H groups in total. The number of fused-ring (bicyclic) bond motifs is 1. The summed E-state index contributed by atoms with van der Waals surface area (Å²) in [7, 11) is 0. The average molecular weight is 307 g/mol. The molecule has 0 fully saturated rings. The van der Waals surface area contributed by atoms with Crippen LogP contribution in [0.25, 0.3) is 10.2 Å². The maximum atomic E-state index is 5.91. The van der Waals surface area contributed by atoms with Crippen LogP contribution in [0.3, 0.4) is 0 Å². The van der Waals surface area contributed by atoms with Crippen LogP contribution in [0, 0.1) is 13.8 Å². The zero-order valence-corrected chi connectivity index (χ0v) is 12.9. The number of thiophene rings is 1. The van der Waals surface area contributed by atoms with E-state index in [1.165, 1.54) is 15.8 Å². The average Bonchev–Trinajstić information content (AvgIpc) is 2.69. The van der Waals surface area contributed by atoms with Crippen molar-refractivity contribution in [2.75, 3.05) is 0 Å². The van der Waals surface area contributed by atoms with E-state index in [0.717, 1.165) is 19.8 Å². The van der Waals surface area contributed by atoms with Crippen LogP contribution in [0.5, 0.6) is 0 Å². The van der Waals surface area contributed by atoms with Gasteiger partial charge in [0.1, 0.15) is 16.2 Å². The molecule has 0 atom stereocenters. The minimum absolute atomic E-state index is 0.750. The smallest absolute Gasteiger partial charge is 0.128 e. The maximum absolute atomic E-state index is 5.91. The Hall–Kier alpha value is -1.10. The standard InChI is InChI=1S/C14H11ClN2S2/c1-8-9(2)18-13-12(8)14(17-7-16-13)19-11-5-3-10(15)4-6-11/h3-7H,1-2H3. The van der Waals surface area contributed by atoms with E-state index in [1.54, 1.807) is 29.4 Å². The van der Waals surface area contributed by atoms with Crippen molar-refractivity contribution in [1.82, 2.24) is 9.97 Å². The van der Waals surface area contributed by atoms with Crippen LogP contribution in [0.1, 0.15) is 10.4 Å². The van der Waals surface area contributed by atoms with E-state index >= 15 is 0 Å². The van der Waals surface area contributed by atoms with E-state index in [9.17, 15) is 0 Å². The second-order valence-electron chi connectivity index (χ2n) is 4.20. The van der Waals surface area contributed by atoms with Crippen LogP contribution in [0.2, 0.25) is 5.02 Å². The predicted octanol–water partition coefficient (Wildman–Crippen LogP) is 5.11. The maximum Gasteiger partial charge on any atom is 0.128 e. The van der Waals surface area contributed by atoms with Crippen molar-refractivity contribution >= 4 is 44.9 Å². The highest BCUT2D eigenvalue weighted by Gasteiger charge is 2.12. The first-order valence-corrected chi connectivity index (χ1v) is 7.80. The molecule has 2 nitrogen and oxygen atoms in total. The van der Waals surface area contributed by atoms with Gasteiger partial charge < -0.3 is 0 Å². The first kappa shape index (κ1) is 12.9. The van der Waals surface area contributed by atoms with Crippen LogP contribution in [0.15, 0.2) is 40.5 Å². The zero-order valence-electron chi connectivity index (χ0n) is 10.5. The summed E-state index contributed by atoms with van der Waals surface area (Å²) < 4.78 is 0. The fourth-order valence-electron chi connectivity index (χ4n) is 1.84.